The molecule has 3 N–H and O–H groups in total. The van der Waals surface area contributed by atoms with E-state index in [9.17, 15) is 14.4 Å². The molecule has 2 atom stereocenters. The third-order valence-corrected chi connectivity index (χ3v) is 4.42. The van der Waals surface area contributed by atoms with Gasteiger partial charge >= 0.3 is 6.09 Å². The Kier molecular flexibility index (Phi) is 12.1. The van der Waals surface area contributed by atoms with Crippen molar-refractivity contribution in [3.63, 3.8) is 0 Å². The summed E-state index contributed by atoms with van der Waals surface area (Å²) in [6.45, 7) is 11.8. The smallest absolute Gasteiger partial charge is 0.408 e. The Morgan fingerprint density at radius 2 is 1.44 bits per heavy atom. The van der Waals surface area contributed by atoms with Gasteiger partial charge in [-0.1, -0.05) is 71.9 Å². The van der Waals surface area contributed by atoms with Crippen LogP contribution in [0.1, 0.15) is 59.9 Å². The van der Waals surface area contributed by atoms with Crippen molar-refractivity contribution < 1.29 is 19.1 Å². The second-order valence-electron chi connectivity index (χ2n) is 9.08. The molecule has 32 heavy (non-hydrogen) atoms. The molecule has 1 aromatic carbocycles. The SMILES string of the molecule is CC(C)/C=N/NC(=O)[C@H](CC(C)C)NC(=O)[C@H](CC(C)C)NC(=O)OCc1ccccc1. The first-order valence-corrected chi connectivity index (χ1v) is 11.2. The van der Waals surface area contributed by atoms with E-state index >= 15 is 0 Å². The lowest BCUT2D eigenvalue weighted by Crippen LogP contribution is -2.54. The van der Waals surface area contributed by atoms with Crippen LogP contribution in [0.2, 0.25) is 0 Å². The molecule has 178 valence electrons. The van der Waals surface area contributed by atoms with Gasteiger partial charge in [0.25, 0.3) is 5.91 Å². The van der Waals surface area contributed by atoms with Crippen LogP contribution in [0.25, 0.3) is 0 Å². The minimum atomic E-state index is -0.820. The second kappa shape index (κ2) is 14.2. The Morgan fingerprint density at radius 3 is 1.97 bits per heavy atom. The summed E-state index contributed by atoms with van der Waals surface area (Å²) in [6.07, 6.45) is 1.80. The van der Waals surface area contributed by atoms with Crippen LogP contribution in [-0.2, 0) is 20.9 Å². The molecule has 0 saturated carbocycles. The van der Waals surface area contributed by atoms with Crippen molar-refractivity contribution in [2.75, 3.05) is 0 Å². The maximum atomic E-state index is 13.0. The summed E-state index contributed by atoms with van der Waals surface area (Å²) in [4.78, 5) is 37.8. The van der Waals surface area contributed by atoms with Crippen LogP contribution in [-0.4, -0.2) is 36.2 Å². The van der Waals surface area contributed by atoms with Crippen molar-refractivity contribution in [3.8, 4) is 0 Å². The first-order chi connectivity index (χ1) is 15.1. The fraction of sp³-hybridized carbons (Fsp3) is 0.583. The zero-order chi connectivity index (χ0) is 24.1. The van der Waals surface area contributed by atoms with Gasteiger partial charge in [0.05, 0.1) is 0 Å². The molecule has 1 rings (SSSR count). The average Bonchev–Trinajstić information content (AvgIpc) is 2.71. The number of nitrogens with zero attached hydrogens (tertiary/aromatic N) is 1. The first kappa shape index (κ1) is 27.1. The van der Waals surface area contributed by atoms with Crippen molar-refractivity contribution in [3.05, 3.63) is 35.9 Å². The molecular weight excluding hydrogens is 408 g/mol. The van der Waals surface area contributed by atoms with Gasteiger partial charge in [0.1, 0.15) is 18.7 Å². The summed E-state index contributed by atoms with van der Waals surface area (Å²) in [6, 6.07) is 7.71. The highest BCUT2D eigenvalue weighted by Gasteiger charge is 2.28. The zero-order valence-electron chi connectivity index (χ0n) is 20.1. The summed E-state index contributed by atoms with van der Waals surface area (Å²) < 4.78 is 5.25. The minimum absolute atomic E-state index is 0.106. The number of amides is 3. The van der Waals surface area contributed by atoms with Gasteiger partial charge in [0.15, 0.2) is 0 Å². The molecule has 0 bridgehead atoms. The van der Waals surface area contributed by atoms with Gasteiger partial charge in [0, 0.05) is 6.21 Å². The van der Waals surface area contributed by atoms with E-state index in [0.29, 0.717) is 12.8 Å². The Labute approximate surface area is 191 Å². The Bertz CT molecular complexity index is 748. The molecule has 8 heteroatoms. The van der Waals surface area contributed by atoms with Crippen molar-refractivity contribution in [1.29, 1.82) is 0 Å². The predicted molar refractivity (Wildman–Crippen MR) is 126 cm³/mol. The quantitative estimate of drug-likeness (QED) is 0.336. The standard InChI is InChI=1S/C24H38N4O4/c1-16(2)12-20(27-24(31)32-15-19-10-8-7-9-11-19)22(29)26-21(13-17(3)4)23(30)28-25-14-18(5)6/h7-11,14,16-18,20-21H,12-13,15H2,1-6H3,(H,26,29)(H,27,31)(H,28,30)/b25-14+/t20-,21-/m0/s1. The molecule has 0 aliphatic rings. The van der Waals surface area contributed by atoms with E-state index in [1.807, 2.05) is 71.9 Å². The molecule has 0 heterocycles. The molecule has 0 aliphatic carbocycles. The van der Waals surface area contributed by atoms with E-state index in [4.69, 9.17) is 4.74 Å². The molecule has 0 aromatic heterocycles. The lowest BCUT2D eigenvalue weighted by molar-refractivity contribution is -0.130. The molecule has 0 saturated heterocycles. The van der Waals surface area contributed by atoms with E-state index in [1.54, 1.807) is 6.21 Å². The number of carbonyl (C=O) groups excluding carboxylic acids is 3. The minimum Gasteiger partial charge on any atom is -0.445 e. The third kappa shape index (κ3) is 11.5. The number of alkyl carbamates (subject to hydrolysis) is 1. The van der Waals surface area contributed by atoms with Crippen LogP contribution in [0.4, 0.5) is 4.79 Å². The number of benzene rings is 1. The van der Waals surface area contributed by atoms with Gasteiger partial charge in [-0.25, -0.2) is 10.2 Å². The highest BCUT2D eigenvalue weighted by atomic mass is 16.5. The van der Waals surface area contributed by atoms with Crippen LogP contribution < -0.4 is 16.1 Å². The number of hydrogen-bond donors (Lipinski definition) is 3. The van der Waals surface area contributed by atoms with Crippen LogP contribution in [0.5, 0.6) is 0 Å². The number of hydrazone groups is 1. The number of carbonyl (C=O) groups is 3. The molecule has 3 amide bonds. The monoisotopic (exact) mass is 446 g/mol. The van der Waals surface area contributed by atoms with Gasteiger partial charge in [-0.15, -0.1) is 0 Å². The van der Waals surface area contributed by atoms with E-state index in [0.717, 1.165) is 5.56 Å². The molecule has 0 aliphatic heterocycles. The largest absolute Gasteiger partial charge is 0.445 e. The highest BCUT2D eigenvalue weighted by molar-refractivity contribution is 5.91. The van der Waals surface area contributed by atoms with Gasteiger partial charge in [0.2, 0.25) is 5.91 Å². The van der Waals surface area contributed by atoms with E-state index in [2.05, 4.69) is 21.2 Å². The molecular formula is C24H38N4O4. The molecule has 0 radical (unpaired) electrons. The summed E-state index contributed by atoms with van der Waals surface area (Å²) >= 11 is 0. The third-order valence-electron chi connectivity index (χ3n) is 4.42. The van der Waals surface area contributed by atoms with Gasteiger partial charge in [-0.3, -0.25) is 9.59 Å². The molecule has 0 spiro atoms. The van der Waals surface area contributed by atoms with Gasteiger partial charge in [-0.2, -0.15) is 5.10 Å². The van der Waals surface area contributed by atoms with E-state index < -0.39 is 24.1 Å². The summed E-state index contributed by atoms with van der Waals surface area (Å²) in [7, 11) is 0. The van der Waals surface area contributed by atoms with Crippen molar-refractivity contribution in [2.45, 2.75) is 73.1 Å². The maximum absolute atomic E-state index is 13.0. The lowest BCUT2D eigenvalue weighted by atomic mass is 10.0. The topological polar surface area (TPSA) is 109 Å². The molecule has 8 nitrogen and oxygen atoms in total. The molecule has 1 aromatic rings. The molecule has 0 fully saturated rings. The molecule has 0 unspecified atom stereocenters. The Hall–Kier alpha value is -2.90. The van der Waals surface area contributed by atoms with E-state index in [1.165, 1.54) is 0 Å². The summed E-state index contributed by atoms with van der Waals surface area (Å²) in [5, 5.41) is 9.35. The summed E-state index contributed by atoms with van der Waals surface area (Å²) in [5.41, 5.74) is 3.34. The summed E-state index contributed by atoms with van der Waals surface area (Å²) in [5.74, 6) is -0.307. The highest BCUT2D eigenvalue weighted by Crippen LogP contribution is 2.10. The van der Waals surface area contributed by atoms with Crippen molar-refractivity contribution in [1.82, 2.24) is 16.1 Å². The van der Waals surface area contributed by atoms with Gasteiger partial charge < -0.3 is 15.4 Å². The van der Waals surface area contributed by atoms with Gasteiger partial charge in [-0.05, 0) is 36.2 Å². The first-order valence-electron chi connectivity index (χ1n) is 11.2. The van der Waals surface area contributed by atoms with Crippen molar-refractivity contribution >= 4 is 24.1 Å². The number of hydrogen-bond acceptors (Lipinski definition) is 5. The van der Waals surface area contributed by atoms with Crippen LogP contribution in [0.15, 0.2) is 35.4 Å². The second-order valence-corrected chi connectivity index (χ2v) is 9.08. The predicted octanol–water partition coefficient (Wildman–Crippen LogP) is 3.62. The Balaban J connectivity index is 2.78. The number of nitrogens with one attached hydrogen (secondary N) is 3. The lowest BCUT2D eigenvalue weighted by Gasteiger charge is -2.24. The van der Waals surface area contributed by atoms with Crippen LogP contribution in [0, 0.1) is 17.8 Å². The fourth-order valence-electron chi connectivity index (χ4n) is 2.91. The Morgan fingerprint density at radius 1 is 0.875 bits per heavy atom. The average molecular weight is 447 g/mol. The maximum Gasteiger partial charge on any atom is 0.408 e. The van der Waals surface area contributed by atoms with E-state index in [-0.39, 0.29) is 30.3 Å². The zero-order valence-corrected chi connectivity index (χ0v) is 20.1. The number of ether oxygens (including phenoxy) is 1. The van der Waals surface area contributed by atoms with Crippen molar-refractivity contribution in [2.24, 2.45) is 22.9 Å². The number of rotatable bonds is 12. The normalized spacial score (nSPS) is 13.3. The van der Waals surface area contributed by atoms with Crippen LogP contribution in [0.3, 0.4) is 0 Å². The fourth-order valence-corrected chi connectivity index (χ4v) is 2.91. The van der Waals surface area contributed by atoms with Crippen LogP contribution >= 0.6 is 0 Å².